The van der Waals surface area contributed by atoms with Gasteiger partial charge in [0.25, 0.3) is 0 Å². The molecule has 2 N–H and O–H groups in total. The summed E-state index contributed by atoms with van der Waals surface area (Å²) in [6.07, 6.45) is 8.12. The number of phenols is 1. The number of rotatable bonds is 5. The Bertz CT molecular complexity index is 442. The molecule has 1 aromatic carbocycles. The lowest BCUT2D eigenvalue weighted by molar-refractivity contribution is 0.395. The van der Waals surface area contributed by atoms with Gasteiger partial charge in [0.15, 0.2) is 0 Å². The van der Waals surface area contributed by atoms with Gasteiger partial charge in [0.05, 0.1) is 7.11 Å². The molecule has 0 heterocycles. The van der Waals surface area contributed by atoms with E-state index < -0.39 is 0 Å². The first kappa shape index (κ1) is 13.9. The second-order valence-electron chi connectivity index (χ2n) is 5.21. The van der Waals surface area contributed by atoms with E-state index >= 15 is 0 Å². The third-order valence-corrected chi connectivity index (χ3v) is 3.79. The van der Waals surface area contributed by atoms with Crippen LogP contribution in [0.1, 0.15) is 37.8 Å². The molecule has 19 heavy (non-hydrogen) atoms. The monoisotopic (exact) mass is 261 g/mol. The molecular formula is C16H23NO2. The molecule has 2 rings (SSSR count). The van der Waals surface area contributed by atoms with Gasteiger partial charge in [-0.15, -0.1) is 0 Å². The van der Waals surface area contributed by atoms with Crippen LogP contribution in [0, 0.1) is 5.92 Å². The molecular weight excluding hydrogens is 238 g/mol. The second kappa shape index (κ2) is 6.62. The molecule has 0 aliphatic heterocycles. The summed E-state index contributed by atoms with van der Waals surface area (Å²) in [5.74, 6) is 1.81. The van der Waals surface area contributed by atoms with Gasteiger partial charge in [-0.1, -0.05) is 12.2 Å². The van der Waals surface area contributed by atoms with E-state index in [1.54, 1.807) is 19.2 Å². The van der Waals surface area contributed by atoms with Crippen molar-refractivity contribution >= 4 is 0 Å². The highest BCUT2D eigenvalue weighted by Crippen LogP contribution is 2.28. The second-order valence-corrected chi connectivity index (χ2v) is 5.21. The zero-order chi connectivity index (χ0) is 13.7. The quantitative estimate of drug-likeness (QED) is 0.798. The summed E-state index contributed by atoms with van der Waals surface area (Å²) in [4.78, 5) is 0. The smallest absolute Gasteiger partial charge is 0.120 e. The Kier molecular flexibility index (Phi) is 4.86. The third kappa shape index (κ3) is 3.74. The van der Waals surface area contributed by atoms with Crippen molar-refractivity contribution in [2.24, 2.45) is 5.92 Å². The van der Waals surface area contributed by atoms with Crippen LogP contribution in [0.5, 0.6) is 11.5 Å². The molecule has 0 fully saturated rings. The van der Waals surface area contributed by atoms with Crippen LogP contribution >= 0.6 is 0 Å². The fourth-order valence-corrected chi connectivity index (χ4v) is 2.50. The highest BCUT2D eigenvalue weighted by molar-refractivity contribution is 5.41. The Labute approximate surface area is 115 Å². The van der Waals surface area contributed by atoms with Crippen molar-refractivity contribution in [2.75, 3.05) is 13.7 Å². The number of hydrogen-bond donors (Lipinski definition) is 2. The molecule has 0 amide bonds. The van der Waals surface area contributed by atoms with Gasteiger partial charge in [0.2, 0.25) is 0 Å². The van der Waals surface area contributed by atoms with Crippen LogP contribution in [0.4, 0.5) is 0 Å². The molecule has 1 aromatic rings. The van der Waals surface area contributed by atoms with Crippen LogP contribution in [0.2, 0.25) is 0 Å². The summed E-state index contributed by atoms with van der Waals surface area (Å²) in [5, 5.41) is 13.4. The predicted octanol–water partition coefficient (Wildman–Crippen LogP) is 3.41. The van der Waals surface area contributed by atoms with Gasteiger partial charge < -0.3 is 15.2 Å². The maximum atomic E-state index is 9.93. The number of hydrogen-bond acceptors (Lipinski definition) is 3. The van der Waals surface area contributed by atoms with E-state index in [0.29, 0.717) is 11.7 Å². The minimum atomic E-state index is 0.126. The van der Waals surface area contributed by atoms with E-state index in [0.717, 1.165) is 24.3 Å². The molecule has 0 saturated heterocycles. The normalized spacial score (nSPS) is 20.2. The van der Waals surface area contributed by atoms with Crippen LogP contribution in [0.15, 0.2) is 30.4 Å². The van der Waals surface area contributed by atoms with Crippen LogP contribution in [-0.2, 0) is 0 Å². The first-order chi connectivity index (χ1) is 9.20. The number of aromatic hydroxyl groups is 1. The van der Waals surface area contributed by atoms with Crippen LogP contribution in [-0.4, -0.2) is 18.8 Å². The fourth-order valence-electron chi connectivity index (χ4n) is 2.50. The molecule has 3 nitrogen and oxygen atoms in total. The minimum absolute atomic E-state index is 0.126. The lowest BCUT2D eigenvalue weighted by Gasteiger charge is -2.22. The zero-order valence-corrected chi connectivity index (χ0v) is 11.7. The largest absolute Gasteiger partial charge is 0.508 e. The average molecular weight is 261 g/mol. The van der Waals surface area contributed by atoms with Crippen LogP contribution in [0.3, 0.4) is 0 Å². The number of methoxy groups -OCH3 is 1. The lowest BCUT2D eigenvalue weighted by atomic mass is 9.94. The number of allylic oxidation sites excluding steroid dienone is 2. The average Bonchev–Trinajstić information content (AvgIpc) is 2.46. The summed E-state index contributed by atoms with van der Waals surface area (Å²) in [6, 6.07) is 5.49. The fraction of sp³-hybridized carbons (Fsp3) is 0.500. The van der Waals surface area contributed by atoms with Crippen molar-refractivity contribution in [3.05, 3.63) is 35.9 Å². The molecule has 104 valence electrons. The summed E-state index contributed by atoms with van der Waals surface area (Å²) in [7, 11) is 1.64. The maximum absolute atomic E-state index is 9.93. The van der Waals surface area contributed by atoms with Crippen molar-refractivity contribution in [3.63, 3.8) is 0 Å². The summed E-state index contributed by atoms with van der Waals surface area (Å²) in [5.41, 5.74) is 0.894. The first-order valence-corrected chi connectivity index (χ1v) is 6.96. The van der Waals surface area contributed by atoms with Crippen molar-refractivity contribution < 1.29 is 9.84 Å². The number of ether oxygens (including phenoxy) is 1. The van der Waals surface area contributed by atoms with E-state index in [2.05, 4.69) is 24.4 Å². The molecule has 0 aromatic heterocycles. The van der Waals surface area contributed by atoms with Crippen LogP contribution < -0.4 is 10.1 Å². The maximum Gasteiger partial charge on any atom is 0.120 e. The lowest BCUT2D eigenvalue weighted by Crippen LogP contribution is -2.26. The topological polar surface area (TPSA) is 41.5 Å². The molecule has 1 aliphatic carbocycles. The predicted molar refractivity (Wildman–Crippen MR) is 77.6 cm³/mol. The van der Waals surface area contributed by atoms with Crippen molar-refractivity contribution in [1.82, 2.24) is 5.32 Å². The van der Waals surface area contributed by atoms with Gasteiger partial charge in [0, 0.05) is 11.6 Å². The van der Waals surface area contributed by atoms with Gasteiger partial charge >= 0.3 is 0 Å². The Morgan fingerprint density at radius 3 is 2.95 bits per heavy atom. The number of nitrogens with one attached hydrogen (secondary N) is 1. The van der Waals surface area contributed by atoms with E-state index in [-0.39, 0.29) is 6.04 Å². The molecule has 0 saturated carbocycles. The Morgan fingerprint density at radius 2 is 2.26 bits per heavy atom. The van der Waals surface area contributed by atoms with E-state index in [9.17, 15) is 5.11 Å². The third-order valence-electron chi connectivity index (χ3n) is 3.79. The summed E-state index contributed by atoms with van der Waals surface area (Å²) < 4.78 is 5.21. The van der Waals surface area contributed by atoms with E-state index in [4.69, 9.17) is 4.74 Å². The Morgan fingerprint density at radius 1 is 1.42 bits per heavy atom. The molecule has 1 aliphatic rings. The number of phenolic OH excluding ortho intramolecular Hbond substituents is 1. The molecule has 0 spiro atoms. The summed E-state index contributed by atoms with van der Waals surface area (Å²) in [6.45, 7) is 3.06. The van der Waals surface area contributed by atoms with E-state index in [1.807, 2.05) is 6.07 Å². The molecule has 3 heteroatoms. The standard InChI is InChI=1S/C16H23NO2/c1-12(17-11-13-6-4-3-5-7-13)15-10-14(19-2)8-9-16(15)18/h3-4,8-10,12-13,17-18H,5-7,11H2,1-2H3. The summed E-state index contributed by atoms with van der Waals surface area (Å²) >= 11 is 0. The molecule has 0 radical (unpaired) electrons. The van der Waals surface area contributed by atoms with Crippen molar-refractivity contribution in [2.45, 2.75) is 32.2 Å². The first-order valence-electron chi connectivity index (χ1n) is 6.96. The molecule has 2 unspecified atom stereocenters. The van der Waals surface area contributed by atoms with Crippen molar-refractivity contribution in [1.29, 1.82) is 0 Å². The number of benzene rings is 1. The SMILES string of the molecule is COc1ccc(O)c(C(C)NCC2CC=CCC2)c1. The van der Waals surface area contributed by atoms with Gasteiger partial charge in [-0.25, -0.2) is 0 Å². The minimum Gasteiger partial charge on any atom is -0.508 e. The van der Waals surface area contributed by atoms with E-state index in [1.165, 1.54) is 12.8 Å². The van der Waals surface area contributed by atoms with Crippen LogP contribution in [0.25, 0.3) is 0 Å². The Balaban J connectivity index is 1.95. The zero-order valence-electron chi connectivity index (χ0n) is 11.7. The highest BCUT2D eigenvalue weighted by atomic mass is 16.5. The van der Waals surface area contributed by atoms with Gasteiger partial charge in [-0.2, -0.15) is 0 Å². The Hall–Kier alpha value is -1.48. The van der Waals surface area contributed by atoms with Crippen molar-refractivity contribution in [3.8, 4) is 11.5 Å². The van der Waals surface area contributed by atoms with Gasteiger partial charge in [-0.3, -0.25) is 0 Å². The van der Waals surface area contributed by atoms with Gasteiger partial charge in [-0.05, 0) is 56.8 Å². The molecule has 0 bridgehead atoms. The van der Waals surface area contributed by atoms with Gasteiger partial charge in [0.1, 0.15) is 11.5 Å². The highest BCUT2D eigenvalue weighted by Gasteiger charge is 2.14. The molecule has 2 atom stereocenters.